The largest absolute Gasteiger partial charge is 0.442 e. The number of nitrogens with zero attached hydrogens (tertiary/aromatic N) is 2. The summed E-state index contributed by atoms with van der Waals surface area (Å²) in [6.45, 7) is 5.43. The van der Waals surface area contributed by atoms with Gasteiger partial charge in [0.15, 0.2) is 0 Å². The van der Waals surface area contributed by atoms with Crippen LogP contribution in [0.15, 0.2) is 0 Å². The first-order valence-electron chi connectivity index (χ1n) is 7.73. The molecule has 1 unspecified atom stereocenters. The third kappa shape index (κ3) is 2.50. The molecule has 3 rings (SSSR count). The van der Waals surface area contributed by atoms with Crippen molar-refractivity contribution in [3.63, 3.8) is 0 Å². The van der Waals surface area contributed by atoms with E-state index in [1.165, 1.54) is 31.4 Å². The Balaban J connectivity index is 1.64. The highest BCUT2D eigenvalue weighted by Crippen LogP contribution is 2.60. The Hall–Kier alpha value is -1.30. The molecule has 6 nitrogen and oxygen atoms in total. The molecule has 0 radical (unpaired) electrons. The molecule has 2 saturated carbocycles. The predicted molar refractivity (Wildman–Crippen MR) is 74.7 cm³/mol. The normalized spacial score (nSPS) is 34.6. The van der Waals surface area contributed by atoms with E-state index in [2.05, 4.69) is 0 Å². The number of rotatable bonds is 3. The minimum atomic E-state index is -0.588. The van der Waals surface area contributed by atoms with Crippen LogP contribution >= 0.6 is 0 Å². The lowest BCUT2D eigenvalue weighted by molar-refractivity contribution is -0.298. The van der Waals surface area contributed by atoms with Crippen LogP contribution in [0.2, 0.25) is 0 Å². The molecule has 1 aliphatic heterocycles. The van der Waals surface area contributed by atoms with Gasteiger partial charge in [-0.25, -0.2) is 4.79 Å². The van der Waals surface area contributed by atoms with Crippen molar-refractivity contribution in [2.45, 2.75) is 58.1 Å². The van der Waals surface area contributed by atoms with Crippen LogP contribution in [0.1, 0.15) is 46.5 Å². The second-order valence-corrected chi connectivity index (χ2v) is 7.29. The molecular weight excluding hydrogens is 272 g/mol. The number of ether oxygens (including phenoxy) is 1. The Bertz CT molecular complexity index is 449. The summed E-state index contributed by atoms with van der Waals surface area (Å²) in [5.74, 6) is 2.00. The maximum atomic E-state index is 12.2. The van der Waals surface area contributed by atoms with Gasteiger partial charge in [-0.05, 0) is 57.8 Å². The highest BCUT2D eigenvalue weighted by Gasteiger charge is 2.59. The molecule has 0 N–H and O–H groups in total. The Morgan fingerprint density at radius 3 is 2.43 bits per heavy atom. The van der Waals surface area contributed by atoms with E-state index < -0.39 is 17.7 Å². The van der Waals surface area contributed by atoms with Crippen LogP contribution in [0.5, 0.6) is 0 Å². The zero-order chi connectivity index (χ0) is 15.4. The first-order valence-corrected chi connectivity index (χ1v) is 7.73. The molecule has 6 heteroatoms. The van der Waals surface area contributed by atoms with Gasteiger partial charge in [0.25, 0.3) is 5.91 Å². The van der Waals surface area contributed by atoms with E-state index in [9.17, 15) is 9.59 Å². The van der Waals surface area contributed by atoms with E-state index in [4.69, 9.17) is 9.57 Å². The van der Waals surface area contributed by atoms with E-state index in [1.54, 1.807) is 0 Å². The van der Waals surface area contributed by atoms with E-state index in [0.29, 0.717) is 5.92 Å². The van der Waals surface area contributed by atoms with Crippen molar-refractivity contribution in [3.05, 3.63) is 0 Å². The minimum absolute atomic E-state index is 0.145. The highest BCUT2D eigenvalue weighted by molar-refractivity contribution is 5.92. The summed E-state index contributed by atoms with van der Waals surface area (Å²) in [5, 5.41) is 2.33. The molecule has 2 aliphatic carbocycles. The SMILES string of the molecule is CON1C(=O)[C@H](CC2[C@H]3CCC[C@@H]23)N1C(=O)OC(C)(C)C. The molecule has 2 amide bonds. The molecule has 0 aromatic carbocycles. The second kappa shape index (κ2) is 4.87. The van der Waals surface area contributed by atoms with Gasteiger partial charge >= 0.3 is 6.09 Å². The summed E-state index contributed by atoms with van der Waals surface area (Å²) in [7, 11) is 1.39. The van der Waals surface area contributed by atoms with E-state index in [0.717, 1.165) is 23.4 Å². The molecule has 3 aliphatic rings. The maximum absolute atomic E-state index is 12.2. The molecule has 21 heavy (non-hydrogen) atoms. The molecule has 1 heterocycles. The number of carbonyl (C=O) groups excluding carboxylic acids is 2. The quantitative estimate of drug-likeness (QED) is 0.802. The summed E-state index contributed by atoms with van der Waals surface area (Å²) in [6.07, 6.45) is 4.09. The summed E-state index contributed by atoms with van der Waals surface area (Å²) >= 11 is 0. The second-order valence-electron chi connectivity index (χ2n) is 7.29. The van der Waals surface area contributed by atoms with Crippen LogP contribution < -0.4 is 0 Å². The van der Waals surface area contributed by atoms with E-state index in [-0.39, 0.29) is 5.91 Å². The smallest absolute Gasteiger partial charge is 0.432 e. The number of hydroxylamine groups is 1. The fraction of sp³-hybridized carbons (Fsp3) is 0.867. The van der Waals surface area contributed by atoms with Gasteiger partial charge in [-0.1, -0.05) is 6.42 Å². The zero-order valence-electron chi connectivity index (χ0n) is 13.2. The molecule has 118 valence electrons. The Labute approximate surface area is 125 Å². The Morgan fingerprint density at radius 1 is 1.29 bits per heavy atom. The van der Waals surface area contributed by atoms with Crippen LogP contribution in [0, 0.1) is 17.8 Å². The third-order valence-electron chi connectivity index (χ3n) is 4.80. The Morgan fingerprint density at radius 2 is 1.90 bits per heavy atom. The van der Waals surface area contributed by atoms with Crippen molar-refractivity contribution < 1.29 is 19.2 Å². The number of fused-ring (bicyclic) bond motifs is 1. The standard InChI is InChI=1S/C15H24N2O4/c1-15(2,3)21-14(19)16-12(13(18)17(16)20-4)8-11-9-6-5-7-10(9)11/h9-12H,5-8H2,1-4H3/t9-,10+,11?,12-/m0/s1. The number of hydrazine groups is 1. The summed E-state index contributed by atoms with van der Waals surface area (Å²) < 4.78 is 5.36. The first-order chi connectivity index (χ1) is 9.83. The maximum Gasteiger partial charge on any atom is 0.432 e. The summed E-state index contributed by atoms with van der Waals surface area (Å²) in [5.41, 5.74) is -0.588. The predicted octanol–water partition coefficient (Wildman–Crippen LogP) is 2.35. The lowest BCUT2D eigenvalue weighted by Crippen LogP contribution is -2.70. The number of amides is 2. The topological polar surface area (TPSA) is 59.1 Å². The van der Waals surface area contributed by atoms with Crippen LogP contribution in [-0.2, 0) is 14.4 Å². The van der Waals surface area contributed by atoms with Crippen molar-refractivity contribution in [1.82, 2.24) is 10.2 Å². The van der Waals surface area contributed by atoms with Crippen LogP contribution in [0.4, 0.5) is 4.79 Å². The molecule has 0 spiro atoms. The fourth-order valence-electron chi connectivity index (χ4n) is 3.87. The lowest BCUT2D eigenvalue weighted by atomic mass is 10.0. The summed E-state index contributed by atoms with van der Waals surface area (Å²) in [4.78, 5) is 29.3. The number of carbonyl (C=O) groups is 2. The first kappa shape index (κ1) is 14.6. The monoisotopic (exact) mass is 296 g/mol. The van der Waals surface area contributed by atoms with Gasteiger partial charge in [-0.3, -0.25) is 9.63 Å². The molecule has 0 aromatic rings. The van der Waals surface area contributed by atoms with Gasteiger partial charge in [0, 0.05) is 0 Å². The van der Waals surface area contributed by atoms with Gasteiger partial charge < -0.3 is 4.74 Å². The van der Waals surface area contributed by atoms with Crippen LogP contribution in [-0.4, -0.2) is 40.9 Å². The molecule has 4 atom stereocenters. The minimum Gasteiger partial charge on any atom is -0.442 e. The molecule has 0 bridgehead atoms. The van der Waals surface area contributed by atoms with Crippen molar-refractivity contribution in [1.29, 1.82) is 0 Å². The van der Waals surface area contributed by atoms with Gasteiger partial charge in [0.05, 0.1) is 7.11 Å². The van der Waals surface area contributed by atoms with Crippen LogP contribution in [0.3, 0.4) is 0 Å². The molecular formula is C15H24N2O4. The molecule has 0 aromatic heterocycles. The van der Waals surface area contributed by atoms with Crippen molar-refractivity contribution >= 4 is 12.0 Å². The lowest BCUT2D eigenvalue weighted by Gasteiger charge is -2.46. The van der Waals surface area contributed by atoms with Gasteiger partial charge in [-0.2, -0.15) is 5.01 Å². The van der Waals surface area contributed by atoms with Crippen molar-refractivity contribution in [2.24, 2.45) is 17.8 Å². The highest BCUT2D eigenvalue weighted by atomic mass is 16.7. The average Bonchev–Trinajstić information content (AvgIpc) is 2.81. The number of hydrogen-bond acceptors (Lipinski definition) is 4. The van der Waals surface area contributed by atoms with Gasteiger partial charge in [0.1, 0.15) is 11.6 Å². The van der Waals surface area contributed by atoms with E-state index in [1.807, 2.05) is 20.8 Å². The van der Waals surface area contributed by atoms with Crippen LogP contribution in [0.25, 0.3) is 0 Å². The fourth-order valence-corrected chi connectivity index (χ4v) is 3.87. The average molecular weight is 296 g/mol. The van der Waals surface area contributed by atoms with Gasteiger partial charge in [0.2, 0.25) is 0 Å². The Kier molecular flexibility index (Phi) is 3.39. The zero-order valence-corrected chi connectivity index (χ0v) is 13.2. The molecule has 1 saturated heterocycles. The van der Waals surface area contributed by atoms with Crippen molar-refractivity contribution in [2.75, 3.05) is 7.11 Å². The van der Waals surface area contributed by atoms with Gasteiger partial charge in [-0.15, -0.1) is 5.17 Å². The van der Waals surface area contributed by atoms with E-state index >= 15 is 0 Å². The summed E-state index contributed by atoms with van der Waals surface area (Å²) in [6, 6.07) is -0.421. The molecule has 3 fully saturated rings. The van der Waals surface area contributed by atoms with Crippen molar-refractivity contribution in [3.8, 4) is 0 Å². The number of hydrogen-bond donors (Lipinski definition) is 0. The third-order valence-corrected chi connectivity index (χ3v) is 4.80.